The Balaban J connectivity index is 1.99. The summed E-state index contributed by atoms with van der Waals surface area (Å²) in [4.78, 5) is 12.9. The van der Waals surface area contributed by atoms with Crippen molar-refractivity contribution < 1.29 is 4.79 Å². The molecule has 0 aliphatic heterocycles. The zero-order valence-electron chi connectivity index (χ0n) is 13.9. The molecule has 0 saturated heterocycles. The molecule has 3 aromatic rings. The van der Waals surface area contributed by atoms with Gasteiger partial charge < -0.3 is 5.32 Å². The average molecular weight is 348 g/mol. The van der Waals surface area contributed by atoms with E-state index >= 15 is 0 Å². The minimum absolute atomic E-state index is 0.152. The van der Waals surface area contributed by atoms with Gasteiger partial charge in [-0.25, -0.2) is 0 Å². The highest BCUT2D eigenvalue weighted by Gasteiger charge is 2.13. The average Bonchev–Trinajstić information content (AvgIpc) is 2.63. The van der Waals surface area contributed by atoms with Gasteiger partial charge in [-0.3, -0.25) is 4.79 Å². The van der Waals surface area contributed by atoms with Gasteiger partial charge in [0, 0.05) is 16.3 Å². The van der Waals surface area contributed by atoms with Crippen LogP contribution in [0.1, 0.15) is 16.7 Å². The van der Waals surface area contributed by atoms with Crippen LogP contribution in [0.4, 0.5) is 5.69 Å². The number of carbonyl (C=O) groups excluding carboxylic acids is 1. The Labute approximate surface area is 152 Å². The van der Waals surface area contributed by atoms with E-state index in [2.05, 4.69) is 5.32 Å². The van der Waals surface area contributed by atoms with Crippen LogP contribution in [0.2, 0.25) is 5.02 Å². The van der Waals surface area contributed by atoms with Gasteiger partial charge >= 0.3 is 0 Å². The standard InChI is InChI=1S/C22H18ClNO/c1-16-7-5-6-10-21(16)24-22(25)20(15-17-8-3-2-4-9-17)18-11-13-19(23)14-12-18/h2-15H,1H3,(H,24,25)/b20-15-. The summed E-state index contributed by atoms with van der Waals surface area (Å²) in [5.74, 6) is -0.152. The Morgan fingerprint density at radius 1 is 0.880 bits per heavy atom. The number of nitrogens with one attached hydrogen (secondary N) is 1. The van der Waals surface area contributed by atoms with Crippen molar-refractivity contribution in [3.8, 4) is 0 Å². The van der Waals surface area contributed by atoms with Crippen LogP contribution in [0.5, 0.6) is 0 Å². The fourth-order valence-corrected chi connectivity index (χ4v) is 2.65. The van der Waals surface area contributed by atoms with E-state index in [1.165, 1.54) is 0 Å². The second-order valence-electron chi connectivity index (χ2n) is 5.74. The molecule has 0 heterocycles. The molecule has 3 heteroatoms. The molecule has 0 atom stereocenters. The monoisotopic (exact) mass is 347 g/mol. The van der Waals surface area contributed by atoms with Crippen molar-refractivity contribution in [2.45, 2.75) is 6.92 Å². The largest absolute Gasteiger partial charge is 0.322 e. The maximum absolute atomic E-state index is 12.9. The predicted octanol–water partition coefficient (Wildman–Crippen LogP) is 5.83. The van der Waals surface area contributed by atoms with Crippen molar-refractivity contribution in [2.75, 3.05) is 5.32 Å². The number of rotatable bonds is 4. The van der Waals surface area contributed by atoms with Crippen LogP contribution in [-0.4, -0.2) is 5.91 Å². The summed E-state index contributed by atoms with van der Waals surface area (Å²) in [5.41, 5.74) is 4.20. The summed E-state index contributed by atoms with van der Waals surface area (Å²) in [7, 11) is 0. The van der Waals surface area contributed by atoms with E-state index in [1.807, 2.05) is 79.7 Å². The number of benzene rings is 3. The van der Waals surface area contributed by atoms with Crippen LogP contribution in [-0.2, 0) is 4.79 Å². The maximum atomic E-state index is 12.9. The molecule has 3 aromatic carbocycles. The van der Waals surface area contributed by atoms with E-state index < -0.39 is 0 Å². The molecule has 0 fully saturated rings. The van der Waals surface area contributed by atoms with Gasteiger partial charge in [0.05, 0.1) is 0 Å². The number of amides is 1. The SMILES string of the molecule is Cc1ccccc1NC(=O)/C(=C\c1ccccc1)c1ccc(Cl)cc1. The number of halogens is 1. The van der Waals surface area contributed by atoms with Crippen LogP contribution in [0, 0.1) is 6.92 Å². The second-order valence-corrected chi connectivity index (χ2v) is 6.18. The Bertz CT molecular complexity index is 899. The summed E-state index contributed by atoms with van der Waals surface area (Å²) in [5, 5.41) is 3.64. The van der Waals surface area contributed by atoms with Gasteiger partial charge in [-0.05, 0) is 47.9 Å². The third-order valence-corrected chi connectivity index (χ3v) is 4.16. The molecule has 0 unspecified atom stereocenters. The van der Waals surface area contributed by atoms with E-state index in [1.54, 1.807) is 12.1 Å². The van der Waals surface area contributed by atoms with E-state index in [4.69, 9.17) is 11.6 Å². The number of para-hydroxylation sites is 1. The van der Waals surface area contributed by atoms with Crippen LogP contribution in [0.3, 0.4) is 0 Å². The number of hydrogen-bond acceptors (Lipinski definition) is 1. The molecule has 0 aliphatic rings. The number of hydrogen-bond donors (Lipinski definition) is 1. The van der Waals surface area contributed by atoms with Crippen LogP contribution >= 0.6 is 11.6 Å². The van der Waals surface area contributed by atoms with Gasteiger partial charge in [0.15, 0.2) is 0 Å². The molecule has 25 heavy (non-hydrogen) atoms. The van der Waals surface area contributed by atoms with Crippen molar-refractivity contribution in [3.05, 3.63) is 101 Å². The summed E-state index contributed by atoms with van der Waals surface area (Å²) in [6.45, 7) is 1.97. The quantitative estimate of drug-likeness (QED) is 0.467. The lowest BCUT2D eigenvalue weighted by molar-refractivity contribution is -0.111. The lowest BCUT2D eigenvalue weighted by Crippen LogP contribution is -2.14. The Hall–Kier alpha value is -2.84. The molecule has 1 amide bonds. The molecule has 124 valence electrons. The molecule has 1 N–H and O–H groups in total. The van der Waals surface area contributed by atoms with Gasteiger partial charge in [0.25, 0.3) is 5.91 Å². The summed E-state index contributed by atoms with van der Waals surface area (Å²) in [6.07, 6.45) is 1.89. The molecule has 0 spiro atoms. The van der Waals surface area contributed by atoms with Crippen molar-refractivity contribution in [1.82, 2.24) is 0 Å². The van der Waals surface area contributed by atoms with Crippen molar-refractivity contribution >= 4 is 34.8 Å². The fraction of sp³-hybridized carbons (Fsp3) is 0.0455. The summed E-state index contributed by atoms with van der Waals surface area (Å²) < 4.78 is 0. The van der Waals surface area contributed by atoms with Gasteiger partial charge in [-0.15, -0.1) is 0 Å². The Morgan fingerprint density at radius 3 is 2.20 bits per heavy atom. The second kappa shape index (κ2) is 7.82. The van der Waals surface area contributed by atoms with Crippen LogP contribution in [0.25, 0.3) is 11.6 Å². The molecular weight excluding hydrogens is 330 g/mol. The van der Waals surface area contributed by atoms with Gasteiger partial charge in [0.1, 0.15) is 0 Å². The highest BCUT2D eigenvalue weighted by Crippen LogP contribution is 2.23. The normalized spacial score (nSPS) is 11.2. The van der Waals surface area contributed by atoms with Crippen LogP contribution < -0.4 is 5.32 Å². The first kappa shape index (κ1) is 17.0. The third-order valence-electron chi connectivity index (χ3n) is 3.90. The van der Waals surface area contributed by atoms with E-state index in [0.717, 1.165) is 22.4 Å². The lowest BCUT2D eigenvalue weighted by atomic mass is 10.0. The molecule has 0 aromatic heterocycles. The highest BCUT2D eigenvalue weighted by molar-refractivity contribution is 6.31. The maximum Gasteiger partial charge on any atom is 0.256 e. The molecular formula is C22H18ClNO. The zero-order valence-corrected chi connectivity index (χ0v) is 14.6. The minimum atomic E-state index is -0.152. The highest BCUT2D eigenvalue weighted by atomic mass is 35.5. The number of carbonyl (C=O) groups is 1. The fourth-order valence-electron chi connectivity index (χ4n) is 2.53. The first-order valence-corrected chi connectivity index (χ1v) is 8.41. The molecule has 3 rings (SSSR count). The van der Waals surface area contributed by atoms with Crippen LogP contribution in [0.15, 0.2) is 78.9 Å². The topological polar surface area (TPSA) is 29.1 Å². The Kier molecular flexibility index (Phi) is 5.32. The van der Waals surface area contributed by atoms with Crippen molar-refractivity contribution in [3.63, 3.8) is 0 Å². The zero-order chi connectivity index (χ0) is 17.6. The van der Waals surface area contributed by atoms with Gasteiger partial charge in [-0.1, -0.05) is 72.3 Å². The van der Waals surface area contributed by atoms with Crippen molar-refractivity contribution in [1.29, 1.82) is 0 Å². The van der Waals surface area contributed by atoms with Gasteiger partial charge in [-0.2, -0.15) is 0 Å². The first-order valence-electron chi connectivity index (χ1n) is 8.03. The lowest BCUT2D eigenvalue weighted by Gasteiger charge is -2.12. The predicted molar refractivity (Wildman–Crippen MR) is 106 cm³/mol. The Morgan fingerprint density at radius 2 is 1.52 bits per heavy atom. The summed E-state index contributed by atoms with van der Waals surface area (Å²) >= 11 is 5.99. The molecule has 0 saturated carbocycles. The molecule has 0 bridgehead atoms. The molecule has 0 radical (unpaired) electrons. The molecule has 0 aliphatic carbocycles. The minimum Gasteiger partial charge on any atom is -0.322 e. The molecule has 2 nitrogen and oxygen atoms in total. The summed E-state index contributed by atoms with van der Waals surface area (Å²) in [6, 6.07) is 24.8. The number of aryl methyl sites for hydroxylation is 1. The third kappa shape index (κ3) is 4.37. The van der Waals surface area contributed by atoms with E-state index in [0.29, 0.717) is 10.6 Å². The van der Waals surface area contributed by atoms with Gasteiger partial charge in [0.2, 0.25) is 0 Å². The van der Waals surface area contributed by atoms with E-state index in [-0.39, 0.29) is 5.91 Å². The smallest absolute Gasteiger partial charge is 0.256 e. The number of anilines is 1. The first-order chi connectivity index (χ1) is 12.1. The van der Waals surface area contributed by atoms with E-state index in [9.17, 15) is 4.79 Å². The van der Waals surface area contributed by atoms with Crippen molar-refractivity contribution in [2.24, 2.45) is 0 Å².